The van der Waals surface area contributed by atoms with E-state index >= 15 is 0 Å². The van der Waals surface area contributed by atoms with Gasteiger partial charge in [0.2, 0.25) is 0 Å². The van der Waals surface area contributed by atoms with Crippen LogP contribution in [0.2, 0.25) is 0 Å². The standard InChI is InChI=1S/C7H13ClP.ClH/c1-9(7-4-8)5-2-3-6-9;/h2-3H,4-7H2,1H3;1H/q+1;/p-1. The van der Waals surface area contributed by atoms with Crippen LogP contribution in [0.15, 0.2) is 12.2 Å². The van der Waals surface area contributed by atoms with Crippen molar-refractivity contribution in [2.24, 2.45) is 0 Å². The minimum atomic E-state index is -0.563. The highest BCUT2D eigenvalue weighted by Crippen LogP contribution is 2.57. The Kier molecular flexibility index (Phi) is 4.94. The Morgan fingerprint density at radius 2 is 1.90 bits per heavy atom. The van der Waals surface area contributed by atoms with Gasteiger partial charge in [0, 0.05) is 13.9 Å². The maximum atomic E-state index is 5.67. The molecule has 1 aliphatic heterocycles. The molecule has 1 rings (SSSR count). The summed E-state index contributed by atoms with van der Waals surface area (Å²) >= 11 is 5.67. The van der Waals surface area contributed by atoms with E-state index < -0.39 is 7.26 Å². The molecule has 3 heteroatoms. The molecular weight excluding hydrogens is 186 g/mol. The van der Waals surface area contributed by atoms with Crippen molar-refractivity contribution < 1.29 is 12.4 Å². The van der Waals surface area contributed by atoms with E-state index in [9.17, 15) is 0 Å². The predicted octanol–water partition coefficient (Wildman–Crippen LogP) is -0.554. The number of hydrogen-bond donors (Lipinski definition) is 0. The Labute approximate surface area is 74.8 Å². The summed E-state index contributed by atoms with van der Waals surface area (Å²) in [7, 11) is -0.563. The molecule has 0 bridgehead atoms. The van der Waals surface area contributed by atoms with Gasteiger partial charge in [0.05, 0.1) is 24.4 Å². The van der Waals surface area contributed by atoms with E-state index in [-0.39, 0.29) is 12.4 Å². The summed E-state index contributed by atoms with van der Waals surface area (Å²) < 4.78 is 0. The third-order valence-electron chi connectivity index (χ3n) is 1.88. The molecule has 0 saturated heterocycles. The van der Waals surface area contributed by atoms with Crippen molar-refractivity contribution in [3.05, 3.63) is 12.2 Å². The van der Waals surface area contributed by atoms with Gasteiger partial charge < -0.3 is 12.4 Å². The minimum Gasteiger partial charge on any atom is -1.00 e. The Bertz CT molecular complexity index is 115. The van der Waals surface area contributed by atoms with E-state index in [0.717, 1.165) is 5.88 Å². The van der Waals surface area contributed by atoms with Crippen molar-refractivity contribution in [2.45, 2.75) is 0 Å². The average Bonchev–Trinajstić information content (AvgIpc) is 2.16. The summed E-state index contributed by atoms with van der Waals surface area (Å²) in [5.41, 5.74) is 0. The van der Waals surface area contributed by atoms with Crippen molar-refractivity contribution in [3.8, 4) is 0 Å². The number of alkyl halides is 1. The van der Waals surface area contributed by atoms with Crippen LogP contribution in [0.4, 0.5) is 0 Å². The topological polar surface area (TPSA) is 0 Å². The van der Waals surface area contributed by atoms with E-state index in [1.54, 1.807) is 0 Å². The molecule has 0 nitrogen and oxygen atoms in total. The zero-order valence-electron chi connectivity index (χ0n) is 6.19. The van der Waals surface area contributed by atoms with Gasteiger partial charge in [0.15, 0.2) is 0 Å². The van der Waals surface area contributed by atoms with Crippen molar-refractivity contribution >= 4 is 18.9 Å². The molecule has 0 fully saturated rings. The fourth-order valence-electron chi connectivity index (χ4n) is 1.12. The maximum Gasteiger partial charge on any atom is 0.0775 e. The lowest BCUT2D eigenvalue weighted by Crippen LogP contribution is -3.00. The zero-order chi connectivity index (χ0) is 6.74. The minimum absolute atomic E-state index is 0. The summed E-state index contributed by atoms with van der Waals surface area (Å²) in [6, 6.07) is 0. The lowest BCUT2D eigenvalue weighted by Gasteiger charge is -2.13. The molecular formula is C7H13Cl2P. The van der Waals surface area contributed by atoms with Crippen molar-refractivity contribution in [1.82, 2.24) is 0 Å². The third kappa shape index (κ3) is 2.78. The molecule has 0 aromatic rings. The maximum absolute atomic E-state index is 5.67. The molecule has 0 unspecified atom stereocenters. The SMILES string of the molecule is C[P+]1(CCCl)CC=CC1.[Cl-]. The molecule has 1 heterocycles. The van der Waals surface area contributed by atoms with Gasteiger partial charge in [-0.2, -0.15) is 0 Å². The van der Waals surface area contributed by atoms with Gasteiger partial charge in [-0.25, -0.2) is 0 Å². The van der Waals surface area contributed by atoms with Crippen molar-refractivity contribution in [3.63, 3.8) is 0 Å². The first kappa shape index (κ1) is 10.8. The molecule has 0 aromatic heterocycles. The molecule has 0 saturated carbocycles. The van der Waals surface area contributed by atoms with E-state index in [4.69, 9.17) is 11.6 Å². The second-order valence-electron chi connectivity index (χ2n) is 2.87. The van der Waals surface area contributed by atoms with Gasteiger partial charge in [-0.15, -0.1) is 11.6 Å². The first-order valence-electron chi connectivity index (χ1n) is 3.31. The molecule has 0 aromatic carbocycles. The fraction of sp³-hybridized carbons (Fsp3) is 0.714. The van der Waals surface area contributed by atoms with Gasteiger partial charge in [0.25, 0.3) is 0 Å². The molecule has 10 heavy (non-hydrogen) atoms. The molecule has 1 aliphatic rings. The van der Waals surface area contributed by atoms with Crippen LogP contribution in [0.25, 0.3) is 0 Å². The van der Waals surface area contributed by atoms with Gasteiger partial charge in [0.1, 0.15) is 0 Å². The van der Waals surface area contributed by atoms with E-state index in [2.05, 4.69) is 18.8 Å². The van der Waals surface area contributed by atoms with Gasteiger partial charge >= 0.3 is 0 Å². The van der Waals surface area contributed by atoms with Gasteiger partial charge in [-0.3, -0.25) is 0 Å². The lowest BCUT2D eigenvalue weighted by molar-refractivity contribution is -0.00000194. The zero-order valence-corrected chi connectivity index (χ0v) is 8.59. The molecule has 0 N–H and O–H groups in total. The van der Waals surface area contributed by atoms with Crippen LogP contribution in [0, 0.1) is 0 Å². The third-order valence-corrected chi connectivity index (χ3v) is 5.82. The highest BCUT2D eigenvalue weighted by atomic mass is 35.5. The molecule has 0 spiro atoms. The second-order valence-corrected chi connectivity index (χ2v) is 7.66. The van der Waals surface area contributed by atoms with Crippen LogP contribution < -0.4 is 12.4 Å². The number of rotatable bonds is 2. The molecule has 0 aliphatic carbocycles. The summed E-state index contributed by atoms with van der Waals surface area (Å²) in [5.74, 6) is 0.853. The summed E-state index contributed by atoms with van der Waals surface area (Å²) in [4.78, 5) is 0. The quantitative estimate of drug-likeness (QED) is 0.318. The van der Waals surface area contributed by atoms with Crippen molar-refractivity contribution in [1.29, 1.82) is 0 Å². The van der Waals surface area contributed by atoms with Crippen LogP contribution in [0.5, 0.6) is 0 Å². The Hall–Kier alpha value is 0.750. The summed E-state index contributed by atoms with van der Waals surface area (Å²) in [6.07, 6.45) is 8.54. The van der Waals surface area contributed by atoms with Crippen LogP contribution in [0.1, 0.15) is 0 Å². The van der Waals surface area contributed by atoms with Crippen LogP contribution >= 0.6 is 18.9 Å². The van der Waals surface area contributed by atoms with E-state index in [1.807, 2.05) is 0 Å². The Morgan fingerprint density at radius 1 is 1.40 bits per heavy atom. The smallest absolute Gasteiger partial charge is 0.0775 e. The molecule has 60 valence electrons. The summed E-state index contributed by atoms with van der Waals surface area (Å²) in [5, 5.41) is 0. The van der Waals surface area contributed by atoms with E-state index in [0.29, 0.717) is 0 Å². The Morgan fingerprint density at radius 3 is 2.30 bits per heavy atom. The lowest BCUT2D eigenvalue weighted by atomic mass is 10.6. The van der Waals surface area contributed by atoms with Gasteiger partial charge in [-0.05, 0) is 12.2 Å². The first-order valence-corrected chi connectivity index (χ1v) is 6.64. The fourth-order valence-corrected chi connectivity index (χ4v) is 4.58. The van der Waals surface area contributed by atoms with Crippen molar-refractivity contribution in [2.75, 3.05) is 31.0 Å². The molecule has 0 atom stereocenters. The monoisotopic (exact) mass is 198 g/mol. The van der Waals surface area contributed by atoms with Gasteiger partial charge in [-0.1, -0.05) is 0 Å². The highest BCUT2D eigenvalue weighted by molar-refractivity contribution is 7.75. The average molecular weight is 199 g/mol. The number of halogens is 2. The molecule has 0 radical (unpaired) electrons. The highest BCUT2D eigenvalue weighted by Gasteiger charge is 2.30. The van der Waals surface area contributed by atoms with E-state index in [1.165, 1.54) is 18.5 Å². The predicted molar refractivity (Wildman–Crippen MR) is 47.3 cm³/mol. The van der Waals surface area contributed by atoms with Crippen LogP contribution in [-0.2, 0) is 0 Å². The van der Waals surface area contributed by atoms with Crippen LogP contribution in [-0.4, -0.2) is 31.0 Å². The Balaban J connectivity index is 0.000000810. The van der Waals surface area contributed by atoms with Crippen LogP contribution in [0.3, 0.4) is 0 Å². The summed E-state index contributed by atoms with van der Waals surface area (Å²) in [6.45, 7) is 2.41. The number of allylic oxidation sites excluding steroid dienone is 2. The first-order chi connectivity index (χ1) is 4.27. The largest absolute Gasteiger partial charge is 1.00 e. The number of hydrogen-bond acceptors (Lipinski definition) is 0. The normalized spacial score (nSPS) is 20.6. The second kappa shape index (κ2) is 4.59. The molecule has 0 amide bonds.